The van der Waals surface area contributed by atoms with Crippen LogP contribution in [0.4, 0.5) is 19.0 Å². The molecule has 2 aromatic rings. The van der Waals surface area contributed by atoms with Crippen LogP contribution in [0.1, 0.15) is 34.4 Å². The molecular formula is C14H12F3N3O2. The molecule has 2 atom stereocenters. The Balaban J connectivity index is 2.07. The maximum Gasteiger partial charge on any atom is 0.410 e. The van der Waals surface area contributed by atoms with Gasteiger partial charge in [-0.15, -0.1) is 0 Å². The summed E-state index contributed by atoms with van der Waals surface area (Å²) < 4.78 is 40.6. The number of fused-ring (bicyclic) bond motifs is 1. The number of carboxylic acid groups (broad SMARTS) is 1. The number of halogens is 3. The standard InChI is InChI=1S/C14H12F3N3O2/c15-14(16,17)11-6-10(8-4-2-1-3-5-8)19-12-9(13(21)22)7-18-20(11)12/h1-5,7,10-11,19H,6H2,(H,21,22)/t10-,11-/m0/s1. The minimum atomic E-state index is -4.51. The Morgan fingerprint density at radius 3 is 2.59 bits per heavy atom. The number of nitrogens with zero attached hydrogens (tertiary/aromatic N) is 2. The summed E-state index contributed by atoms with van der Waals surface area (Å²) in [4.78, 5) is 11.2. The summed E-state index contributed by atoms with van der Waals surface area (Å²) in [5.74, 6) is -1.43. The fourth-order valence-electron chi connectivity index (χ4n) is 2.62. The van der Waals surface area contributed by atoms with Gasteiger partial charge in [-0.1, -0.05) is 30.3 Å². The fourth-order valence-corrected chi connectivity index (χ4v) is 2.62. The van der Waals surface area contributed by atoms with Crippen molar-refractivity contribution in [3.63, 3.8) is 0 Å². The van der Waals surface area contributed by atoms with Crippen molar-refractivity contribution in [2.45, 2.75) is 24.7 Å². The van der Waals surface area contributed by atoms with Crippen molar-refractivity contribution in [3.05, 3.63) is 47.7 Å². The van der Waals surface area contributed by atoms with Gasteiger partial charge in [0, 0.05) is 6.42 Å². The summed E-state index contributed by atoms with van der Waals surface area (Å²) in [6.07, 6.45) is -3.82. The average molecular weight is 311 g/mol. The lowest BCUT2D eigenvalue weighted by molar-refractivity contribution is -0.173. The molecule has 1 aliphatic rings. The molecule has 2 heterocycles. The van der Waals surface area contributed by atoms with Crippen LogP contribution >= 0.6 is 0 Å². The number of carbonyl (C=O) groups is 1. The molecule has 0 bridgehead atoms. The van der Waals surface area contributed by atoms with E-state index < -0.39 is 24.2 Å². The number of anilines is 1. The summed E-state index contributed by atoms with van der Waals surface area (Å²) in [6.45, 7) is 0. The van der Waals surface area contributed by atoms with Crippen molar-refractivity contribution in [2.24, 2.45) is 0 Å². The molecule has 0 saturated heterocycles. The Kier molecular flexibility index (Phi) is 3.31. The molecule has 1 aromatic carbocycles. The van der Waals surface area contributed by atoms with Gasteiger partial charge in [0.05, 0.1) is 12.2 Å². The molecule has 0 aliphatic carbocycles. The largest absolute Gasteiger partial charge is 0.477 e. The van der Waals surface area contributed by atoms with Gasteiger partial charge in [-0.25, -0.2) is 9.48 Å². The highest BCUT2D eigenvalue weighted by molar-refractivity contribution is 5.93. The maximum absolute atomic E-state index is 13.3. The summed E-state index contributed by atoms with van der Waals surface area (Å²) >= 11 is 0. The van der Waals surface area contributed by atoms with Gasteiger partial charge in [-0.2, -0.15) is 18.3 Å². The van der Waals surface area contributed by atoms with Gasteiger partial charge in [0.25, 0.3) is 0 Å². The molecule has 0 fully saturated rings. The van der Waals surface area contributed by atoms with Gasteiger partial charge in [-0.3, -0.25) is 0 Å². The van der Waals surface area contributed by atoms with E-state index in [1.165, 1.54) is 0 Å². The average Bonchev–Trinajstić information content (AvgIpc) is 2.90. The van der Waals surface area contributed by atoms with Crippen LogP contribution in [0.25, 0.3) is 0 Å². The van der Waals surface area contributed by atoms with Crippen molar-refractivity contribution >= 4 is 11.8 Å². The van der Waals surface area contributed by atoms with Crippen LogP contribution < -0.4 is 5.32 Å². The smallest absolute Gasteiger partial charge is 0.410 e. The minimum absolute atomic E-state index is 0.116. The zero-order valence-corrected chi connectivity index (χ0v) is 11.2. The Morgan fingerprint density at radius 1 is 1.32 bits per heavy atom. The van der Waals surface area contributed by atoms with E-state index in [1.807, 2.05) is 0 Å². The zero-order chi connectivity index (χ0) is 15.9. The van der Waals surface area contributed by atoms with E-state index in [2.05, 4.69) is 10.4 Å². The Labute approximate surface area is 123 Å². The SMILES string of the molecule is O=C(O)c1cnn2c1N[C@H](c1ccccc1)C[C@H]2C(F)(F)F. The van der Waals surface area contributed by atoms with Crippen LogP contribution in [-0.4, -0.2) is 27.0 Å². The molecule has 1 aliphatic heterocycles. The first-order valence-electron chi connectivity index (χ1n) is 6.57. The van der Waals surface area contributed by atoms with E-state index in [9.17, 15) is 18.0 Å². The van der Waals surface area contributed by atoms with E-state index in [4.69, 9.17) is 5.11 Å². The van der Waals surface area contributed by atoms with Gasteiger partial charge in [0.15, 0.2) is 6.04 Å². The monoisotopic (exact) mass is 311 g/mol. The predicted octanol–water partition coefficient (Wildman–Crippen LogP) is 3.24. The minimum Gasteiger partial charge on any atom is -0.477 e. The van der Waals surface area contributed by atoms with Crippen molar-refractivity contribution in [2.75, 3.05) is 5.32 Å². The van der Waals surface area contributed by atoms with Gasteiger partial charge in [0.1, 0.15) is 11.4 Å². The quantitative estimate of drug-likeness (QED) is 0.893. The molecule has 0 unspecified atom stereocenters. The number of hydrogen-bond donors (Lipinski definition) is 2. The lowest BCUT2D eigenvalue weighted by atomic mass is 9.96. The van der Waals surface area contributed by atoms with Crippen LogP contribution in [0.2, 0.25) is 0 Å². The first-order chi connectivity index (χ1) is 10.4. The second-order valence-corrected chi connectivity index (χ2v) is 5.06. The fraction of sp³-hybridized carbons (Fsp3) is 0.286. The van der Waals surface area contributed by atoms with E-state index in [-0.39, 0.29) is 17.8 Å². The topological polar surface area (TPSA) is 67.1 Å². The molecule has 2 N–H and O–H groups in total. The molecular weight excluding hydrogens is 299 g/mol. The summed E-state index contributed by atoms with van der Waals surface area (Å²) in [5, 5.41) is 15.6. The van der Waals surface area contributed by atoms with Gasteiger partial charge in [-0.05, 0) is 5.56 Å². The lowest BCUT2D eigenvalue weighted by Crippen LogP contribution is -2.36. The molecule has 5 nitrogen and oxygen atoms in total. The molecule has 116 valence electrons. The van der Waals surface area contributed by atoms with E-state index in [0.29, 0.717) is 10.2 Å². The number of alkyl halides is 3. The number of aromatic carboxylic acids is 1. The first-order valence-corrected chi connectivity index (χ1v) is 6.57. The molecule has 0 spiro atoms. The van der Waals surface area contributed by atoms with Gasteiger partial charge >= 0.3 is 12.1 Å². The Hall–Kier alpha value is -2.51. The Morgan fingerprint density at radius 2 is 2.00 bits per heavy atom. The van der Waals surface area contributed by atoms with Gasteiger partial charge in [0.2, 0.25) is 0 Å². The van der Waals surface area contributed by atoms with Crippen molar-refractivity contribution < 1.29 is 23.1 Å². The lowest BCUT2D eigenvalue weighted by Gasteiger charge is -2.33. The summed E-state index contributed by atoms with van der Waals surface area (Å²) in [7, 11) is 0. The highest BCUT2D eigenvalue weighted by atomic mass is 19.4. The number of nitrogens with one attached hydrogen (secondary N) is 1. The molecule has 0 saturated carbocycles. The van der Waals surface area contributed by atoms with E-state index in [1.54, 1.807) is 30.3 Å². The first kappa shape index (κ1) is 14.4. The van der Waals surface area contributed by atoms with Crippen molar-refractivity contribution in [1.29, 1.82) is 0 Å². The normalized spacial score (nSPS) is 21.0. The second-order valence-electron chi connectivity index (χ2n) is 5.06. The highest BCUT2D eigenvalue weighted by Gasteiger charge is 2.47. The highest BCUT2D eigenvalue weighted by Crippen LogP contribution is 2.44. The van der Waals surface area contributed by atoms with Gasteiger partial charge < -0.3 is 10.4 Å². The van der Waals surface area contributed by atoms with E-state index in [0.717, 1.165) is 6.20 Å². The van der Waals surface area contributed by atoms with E-state index >= 15 is 0 Å². The maximum atomic E-state index is 13.3. The van der Waals surface area contributed by atoms with Crippen LogP contribution in [0, 0.1) is 0 Å². The zero-order valence-electron chi connectivity index (χ0n) is 11.2. The number of hydrogen-bond acceptors (Lipinski definition) is 3. The predicted molar refractivity (Wildman–Crippen MR) is 71.7 cm³/mol. The van der Waals surface area contributed by atoms with Crippen LogP contribution in [0.3, 0.4) is 0 Å². The third-order valence-electron chi connectivity index (χ3n) is 3.67. The van der Waals surface area contributed by atoms with Crippen molar-refractivity contribution in [3.8, 4) is 0 Å². The number of aromatic nitrogens is 2. The molecule has 0 radical (unpaired) electrons. The number of rotatable bonds is 2. The molecule has 22 heavy (non-hydrogen) atoms. The van der Waals surface area contributed by atoms with Crippen LogP contribution in [0.15, 0.2) is 36.5 Å². The number of carboxylic acids is 1. The Bertz CT molecular complexity index is 697. The summed E-state index contributed by atoms with van der Waals surface area (Å²) in [6, 6.07) is 6.14. The van der Waals surface area contributed by atoms with Crippen LogP contribution in [-0.2, 0) is 0 Å². The number of benzene rings is 1. The third-order valence-corrected chi connectivity index (χ3v) is 3.67. The molecule has 8 heteroatoms. The third kappa shape index (κ3) is 2.40. The second kappa shape index (κ2) is 5.04. The van der Waals surface area contributed by atoms with Crippen LogP contribution in [0.5, 0.6) is 0 Å². The summed E-state index contributed by atoms with van der Waals surface area (Å²) in [5.41, 5.74) is 0.399. The molecule has 1 aromatic heterocycles. The molecule has 0 amide bonds. The molecule has 3 rings (SSSR count). The van der Waals surface area contributed by atoms with Crippen molar-refractivity contribution in [1.82, 2.24) is 9.78 Å².